The third-order valence-electron chi connectivity index (χ3n) is 5.49. The number of fused-ring (bicyclic) bond motifs is 1. The van der Waals surface area contributed by atoms with Gasteiger partial charge in [0.2, 0.25) is 5.91 Å². The predicted octanol–water partition coefficient (Wildman–Crippen LogP) is 4.28. The lowest BCUT2D eigenvalue weighted by atomic mass is 9.73. The largest absolute Gasteiger partial charge is 0.493 e. The molecule has 2 aliphatic rings. The van der Waals surface area contributed by atoms with E-state index in [1.807, 2.05) is 18.2 Å². The van der Waals surface area contributed by atoms with E-state index in [2.05, 4.69) is 21.2 Å². The first-order chi connectivity index (χ1) is 13.1. The fraction of sp³-hybridized carbons (Fsp3) is 0.381. The molecule has 2 aromatic carbocycles. The number of rotatable bonds is 3. The van der Waals surface area contributed by atoms with Crippen molar-refractivity contribution < 1.29 is 18.7 Å². The highest BCUT2D eigenvalue weighted by molar-refractivity contribution is 9.10. The van der Waals surface area contributed by atoms with Crippen LogP contribution in [-0.2, 0) is 14.9 Å². The van der Waals surface area contributed by atoms with Gasteiger partial charge in [-0.15, -0.1) is 0 Å². The lowest BCUT2D eigenvalue weighted by Gasteiger charge is -2.38. The first-order valence-electron chi connectivity index (χ1n) is 9.15. The second-order valence-corrected chi connectivity index (χ2v) is 7.96. The van der Waals surface area contributed by atoms with Crippen molar-refractivity contribution in [2.45, 2.75) is 30.7 Å². The standard InChI is InChI=1S/C21H21BrFNO3/c22-15-3-6-19-17(13-15)18(7-10-27-19)24-20(25)21(8-11-26-12-9-21)14-1-4-16(23)5-2-14/h1-6,13,18H,7-12H2,(H,24,25). The SMILES string of the molecule is O=C(NC1CCOc2ccc(Br)cc21)C1(c2ccc(F)cc2)CCOCC1. The molecule has 4 nitrogen and oxygen atoms in total. The number of benzene rings is 2. The summed E-state index contributed by atoms with van der Waals surface area (Å²) in [6.45, 7) is 1.59. The van der Waals surface area contributed by atoms with E-state index in [1.165, 1.54) is 12.1 Å². The molecule has 0 spiro atoms. The van der Waals surface area contributed by atoms with E-state index in [0.29, 0.717) is 39.1 Å². The van der Waals surface area contributed by atoms with Crippen LogP contribution in [-0.4, -0.2) is 25.7 Å². The highest BCUT2D eigenvalue weighted by Crippen LogP contribution is 2.38. The summed E-state index contributed by atoms with van der Waals surface area (Å²) in [4.78, 5) is 13.5. The van der Waals surface area contributed by atoms with Crippen LogP contribution < -0.4 is 10.1 Å². The summed E-state index contributed by atoms with van der Waals surface area (Å²) in [6.07, 6.45) is 1.88. The molecule has 0 radical (unpaired) electrons. The zero-order valence-electron chi connectivity index (χ0n) is 14.8. The Hall–Kier alpha value is -1.92. The number of nitrogens with one attached hydrogen (secondary N) is 1. The quantitative estimate of drug-likeness (QED) is 0.785. The summed E-state index contributed by atoms with van der Waals surface area (Å²) in [7, 11) is 0. The van der Waals surface area contributed by atoms with E-state index >= 15 is 0 Å². The molecule has 6 heteroatoms. The lowest BCUT2D eigenvalue weighted by Crippen LogP contribution is -2.49. The van der Waals surface area contributed by atoms with Crippen molar-refractivity contribution in [3.8, 4) is 5.75 Å². The Morgan fingerprint density at radius 1 is 1.11 bits per heavy atom. The van der Waals surface area contributed by atoms with Gasteiger partial charge in [0.15, 0.2) is 0 Å². The van der Waals surface area contributed by atoms with E-state index in [0.717, 1.165) is 21.3 Å². The van der Waals surface area contributed by atoms with Crippen molar-refractivity contribution in [1.82, 2.24) is 5.32 Å². The van der Waals surface area contributed by atoms with Crippen LogP contribution in [0.3, 0.4) is 0 Å². The summed E-state index contributed by atoms with van der Waals surface area (Å²) in [5.74, 6) is 0.470. The van der Waals surface area contributed by atoms with Crippen molar-refractivity contribution in [2.75, 3.05) is 19.8 Å². The third-order valence-corrected chi connectivity index (χ3v) is 5.99. The molecule has 1 atom stereocenters. The van der Waals surface area contributed by atoms with Gasteiger partial charge in [-0.2, -0.15) is 0 Å². The smallest absolute Gasteiger partial charge is 0.231 e. The first kappa shape index (κ1) is 18.4. The van der Waals surface area contributed by atoms with Gasteiger partial charge >= 0.3 is 0 Å². The van der Waals surface area contributed by atoms with Crippen LogP contribution in [0.5, 0.6) is 5.75 Å². The normalized spacial score (nSPS) is 21.0. The van der Waals surface area contributed by atoms with Gasteiger partial charge in [-0.3, -0.25) is 4.79 Å². The van der Waals surface area contributed by atoms with Gasteiger partial charge in [0.25, 0.3) is 0 Å². The van der Waals surface area contributed by atoms with E-state index in [1.54, 1.807) is 12.1 Å². The Kier molecular flexibility index (Phi) is 5.19. The molecular weight excluding hydrogens is 413 g/mol. The van der Waals surface area contributed by atoms with Gasteiger partial charge in [-0.25, -0.2) is 4.39 Å². The van der Waals surface area contributed by atoms with Gasteiger partial charge in [0, 0.05) is 29.7 Å². The maximum absolute atomic E-state index is 13.5. The summed E-state index contributed by atoms with van der Waals surface area (Å²) in [6, 6.07) is 12.0. The predicted molar refractivity (Wildman–Crippen MR) is 103 cm³/mol. The molecule has 2 aromatic rings. The molecule has 0 saturated carbocycles. The van der Waals surface area contributed by atoms with Gasteiger partial charge in [0.05, 0.1) is 18.1 Å². The van der Waals surface area contributed by atoms with Crippen molar-refractivity contribution >= 4 is 21.8 Å². The number of ether oxygens (including phenoxy) is 2. The highest BCUT2D eigenvalue weighted by Gasteiger charge is 2.43. The molecule has 1 amide bonds. The Labute approximate surface area is 166 Å². The van der Waals surface area contributed by atoms with Gasteiger partial charge in [0.1, 0.15) is 11.6 Å². The summed E-state index contributed by atoms with van der Waals surface area (Å²) >= 11 is 3.49. The molecule has 27 heavy (non-hydrogen) atoms. The third kappa shape index (κ3) is 3.60. The van der Waals surface area contributed by atoms with Crippen LogP contribution in [0.2, 0.25) is 0 Å². The summed E-state index contributed by atoms with van der Waals surface area (Å²) in [5, 5.41) is 3.24. The molecule has 142 valence electrons. The molecule has 2 aliphatic heterocycles. The molecular formula is C21H21BrFNO3. The first-order valence-corrected chi connectivity index (χ1v) is 9.95. The monoisotopic (exact) mass is 433 g/mol. The summed E-state index contributed by atoms with van der Waals surface area (Å²) < 4.78 is 25.6. The minimum atomic E-state index is -0.698. The van der Waals surface area contributed by atoms with Crippen molar-refractivity contribution in [3.63, 3.8) is 0 Å². The fourth-order valence-corrected chi connectivity index (χ4v) is 4.33. The van der Waals surface area contributed by atoms with Crippen LogP contribution in [0.4, 0.5) is 4.39 Å². The maximum atomic E-state index is 13.5. The zero-order chi connectivity index (χ0) is 18.9. The molecule has 1 saturated heterocycles. The molecule has 1 N–H and O–H groups in total. The van der Waals surface area contributed by atoms with Gasteiger partial charge in [-0.05, 0) is 48.7 Å². The number of carbonyl (C=O) groups is 1. The maximum Gasteiger partial charge on any atom is 0.231 e. The number of hydrogen-bond donors (Lipinski definition) is 1. The van der Waals surface area contributed by atoms with Crippen LogP contribution >= 0.6 is 15.9 Å². The average molecular weight is 434 g/mol. The molecule has 1 fully saturated rings. The van der Waals surface area contributed by atoms with E-state index in [-0.39, 0.29) is 17.8 Å². The molecule has 0 bridgehead atoms. The highest BCUT2D eigenvalue weighted by atomic mass is 79.9. The average Bonchev–Trinajstić information content (AvgIpc) is 2.69. The Morgan fingerprint density at radius 3 is 2.59 bits per heavy atom. The summed E-state index contributed by atoms with van der Waals surface area (Å²) in [5.41, 5.74) is 1.12. The molecule has 0 aliphatic carbocycles. The topological polar surface area (TPSA) is 47.6 Å². The van der Waals surface area contributed by atoms with Crippen molar-refractivity contribution in [2.24, 2.45) is 0 Å². The lowest BCUT2D eigenvalue weighted by molar-refractivity contribution is -0.131. The number of halogens is 2. The van der Waals surface area contributed by atoms with E-state index < -0.39 is 5.41 Å². The van der Waals surface area contributed by atoms with E-state index in [4.69, 9.17) is 9.47 Å². The molecule has 4 rings (SSSR count). The van der Waals surface area contributed by atoms with Crippen LogP contribution in [0, 0.1) is 5.82 Å². The number of carbonyl (C=O) groups excluding carboxylic acids is 1. The van der Waals surface area contributed by atoms with Gasteiger partial charge in [-0.1, -0.05) is 28.1 Å². The minimum Gasteiger partial charge on any atom is -0.493 e. The molecule has 0 aromatic heterocycles. The van der Waals surface area contributed by atoms with Gasteiger partial charge < -0.3 is 14.8 Å². The zero-order valence-corrected chi connectivity index (χ0v) is 16.4. The fourth-order valence-electron chi connectivity index (χ4n) is 3.95. The minimum absolute atomic E-state index is 0.0322. The second kappa shape index (κ2) is 7.60. The van der Waals surface area contributed by atoms with E-state index in [9.17, 15) is 9.18 Å². The van der Waals surface area contributed by atoms with Crippen LogP contribution in [0.25, 0.3) is 0 Å². The number of hydrogen-bond acceptors (Lipinski definition) is 3. The molecule has 2 heterocycles. The van der Waals surface area contributed by atoms with Crippen LogP contribution in [0.1, 0.15) is 36.4 Å². The Morgan fingerprint density at radius 2 is 1.85 bits per heavy atom. The van der Waals surface area contributed by atoms with Crippen molar-refractivity contribution in [1.29, 1.82) is 0 Å². The Balaban J connectivity index is 1.64. The van der Waals surface area contributed by atoms with Crippen molar-refractivity contribution in [3.05, 3.63) is 63.9 Å². The number of amides is 1. The second-order valence-electron chi connectivity index (χ2n) is 7.05. The Bertz CT molecular complexity index is 834. The molecule has 1 unspecified atom stereocenters. The van der Waals surface area contributed by atoms with Crippen LogP contribution in [0.15, 0.2) is 46.9 Å².